The monoisotopic (exact) mass is 266 g/mol. The molecule has 1 fully saturated rings. The molecule has 2 rings (SSSR count). The Hall–Kier alpha value is -1.46. The minimum Gasteiger partial charge on any atom is -0.478 e. The first-order valence-corrected chi connectivity index (χ1v) is 6.47. The molecule has 2 N–H and O–H groups in total. The standard InChI is InChI=1S/C14H19FN2O2/c1-17-5-4-10(9-17)7-16-8-12-6-11(14(18)19)2-3-13(12)15/h2-3,6,10,16H,4-5,7-9H2,1H3,(H,18,19). The lowest BCUT2D eigenvalue weighted by Gasteiger charge is -2.12. The molecule has 1 aromatic rings. The molecule has 19 heavy (non-hydrogen) atoms. The zero-order chi connectivity index (χ0) is 13.8. The van der Waals surface area contributed by atoms with Crippen LogP contribution in [-0.2, 0) is 6.54 Å². The third kappa shape index (κ3) is 3.75. The van der Waals surface area contributed by atoms with E-state index in [1.54, 1.807) is 0 Å². The van der Waals surface area contributed by atoms with Gasteiger partial charge in [-0.2, -0.15) is 0 Å². The van der Waals surface area contributed by atoms with E-state index in [9.17, 15) is 9.18 Å². The summed E-state index contributed by atoms with van der Waals surface area (Å²) in [5.74, 6) is -0.796. The number of aromatic carboxylic acids is 1. The second-order valence-electron chi connectivity index (χ2n) is 5.16. The highest BCUT2D eigenvalue weighted by atomic mass is 19.1. The number of rotatable bonds is 5. The second-order valence-corrected chi connectivity index (χ2v) is 5.16. The van der Waals surface area contributed by atoms with E-state index in [0.29, 0.717) is 18.0 Å². The van der Waals surface area contributed by atoms with Gasteiger partial charge in [0.1, 0.15) is 5.82 Å². The molecule has 1 aliphatic rings. The number of carbonyl (C=O) groups is 1. The van der Waals surface area contributed by atoms with Crippen molar-refractivity contribution in [2.24, 2.45) is 5.92 Å². The van der Waals surface area contributed by atoms with Crippen LogP contribution < -0.4 is 5.32 Å². The summed E-state index contributed by atoms with van der Waals surface area (Å²) in [5.41, 5.74) is 0.532. The first-order valence-electron chi connectivity index (χ1n) is 6.47. The molecule has 1 unspecified atom stereocenters. The van der Waals surface area contributed by atoms with Gasteiger partial charge in [-0.25, -0.2) is 9.18 Å². The summed E-state index contributed by atoms with van der Waals surface area (Å²) in [4.78, 5) is 13.1. The molecule has 104 valence electrons. The summed E-state index contributed by atoms with van der Waals surface area (Å²) in [7, 11) is 2.09. The third-order valence-corrected chi connectivity index (χ3v) is 3.53. The van der Waals surface area contributed by atoms with Crippen LogP contribution in [0.3, 0.4) is 0 Å². The van der Waals surface area contributed by atoms with Gasteiger partial charge in [0.15, 0.2) is 0 Å². The quantitative estimate of drug-likeness (QED) is 0.849. The number of carboxylic acids is 1. The maximum absolute atomic E-state index is 13.6. The maximum Gasteiger partial charge on any atom is 0.335 e. The molecule has 1 saturated heterocycles. The highest BCUT2D eigenvalue weighted by Crippen LogP contribution is 2.14. The number of hydrogen-bond acceptors (Lipinski definition) is 3. The van der Waals surface area contributed by atoms with E-state index in [1.807, 2.05) is 0 Å². The second kappa shape index (κ2) is 6.12. The summed E-state index contributed by atoms with van der Waals surface area (Å²) in [5, 5.41) is 12.1. The molecular formula is C14H19FN2O2. The van der Waals surface area contributed by atoms with Crippen molar-refractivity contribution in [1.82, 2.24) is 10.2 Å². The van der Waals surface area contributed by atoms with Crippen molar-refractivity contribution >= 4 is 5.97 Å². The van der Waals surface area contributed by atoms with E-state index in [4.69, 9.17) is 5.11 Å². The maximum atomic E-state index is 13.6. The van der Waals surface area contributed by atoms with Crippen molar-refractivity contribution in [2.45, 2.75) is 13.0 Å². The minimum atomic E-state index is -1.03. The van der Waals surface area contributed by atoms with E-state index in [1.165, 1.54) is 18.2 Å². The van der Waals surface area contributed by atoms with Crippen LogP contribution in [0.25, 0.3) is 0 Å². The van der Waals surface area contributed by atoms with Crippen LogP contribution in [0.2, 0.25) is 0 Å². The Balaban J connectivity index is 1.88. The first kappa shape index (κ1) is 14.0. The molecule has 4 nitrogen and oxygen atoms in total. The van der Waals surface area contributed by atoms with Gasteiger partial charge >= 0.3 is 5.97 Å². The SMILES string of the molecule is CN1CCC(CNCc2cc(C(=O)O)ccc2F)C1. The Morgan fingerprint density at radius 3 is 3.00 bits per heavy atom. The minimum absolute atomic E-state index is 0.124. The topological polar surface area (TPSA) is 52.6 Å². The zero-order valence-electron chi connectivity index (χ0n) is 11.0. The summed E-state index contributed by atoms with van der Waals surface area (Å²) >= 11 is 0. The van der Waals surface area contributed by atoms with Crippen LogP contribution in [0, 0.1) is 11.7 Å². The van der Waals surface area contributed by atoms with Gasteiger partial charge in [0.05, 0.1) is 5.56 Å². The van der Waals surface area contributed by atoms with E-state index >= 15 is 0 Å². The zero-order valence-corrected chi connectivity index (χ0v) is 11.0. The van der Waals surface area contributed by atoms with Gasteiger partial charge in [0.2, 0.25) is 0 Å². The Kier molecular flexibility index (Phi) is 4.50. The highest BCUT2D eigenvalue weighted by Gasteiger charge is 2.18. The predicted molar refractivity (Wildman–Crippen MR) is 70.7 cm³/mol. The third-order valence-electron chi connectivity index (χ3n) is 3.53. The van der Waals surface area contributed by atoms with Crippen LogP contribution in [0.4, 0.5) is 4.39 Å². The molecule has 0 spiro atoms. The van der Waals surface area contributed by atoms with Crippen LogP contribution >= 0.6 is 0 Å². The Morgan fingerprint density at radius 2 is 2.37 bits per heavy atom. The molecule has 0 bridgehead atoms. The fraction of sp³-hybridized carbons (Fsp3) is 0.500. The normalized spacial score (nSPS) is 19.8. The van der Waals surface area contributed by atoms with Crippen molar-refractivity contribution < 1.29 is 14.3 Å². The smallest absolute Gasteiger partial charge is 0.335 e. The molecular weight excluding hydrogens is 247 g/mol. The molecule has 1 heterocycles. The summed E-state index contributed by atoms with van der Waals surface area (Å²) < 4.78 is 13.6. The Labute approximate surface area is 112 Å². The van der Waals surface area contributed by atoms with Gasteiger partial charge in [-0.3, -0.25) is 0 Å². The lowest BCUT2D eigenvalue weighted by atomic mass is 10.1. The predicted octanol–water partition coefficient (Wildman–Crippen LogP) is 1.57. The number of nitrogens with one attached hydrogen (secondary N) is 1. The van der Waals surface area contributed by atoms with Crippen molar-refractivity contribution in [3.63, 3.8) is 0 Å². The van der Waals surface area contributed by atoms with Crippen molar-refractivity contribution in [2.75, 3.05) is 26.7 Å². The number of carboxylic acid groups (broad SMARTS) is 1. The van der Waals surface area contributed by atoms with Crippen LogP contribution in [0.15, 0.2) is 18.2 Å². The Morgan fingerprint density at radius 1 is 1.58 bits per heavy atom. The average Bonchev–Trinajstić information content (AvgIpc) is 2.77. The number of halogens is 1. The van der Waals surface area contributed by atoms with E-state index in [2.05, 4.69) is 17.3 Å². The molecule has 1 aromatic carbocycles. The van der Waals surface area contributed by atoms with Gasteiger partial charge in [-0.15, -0.1) is 0 Å². The van der Waals surface area contributed by atoms with E-state index < -0.39 is 5.97 Å². The number of hydrogen-bond donors (Lipinski definition) is 2. The van der Waals surface area contributed by atoms with Gasteiger partial charge in [0.25, 0.3) is 0 Å². The number of nitrogens with zero attached hydrogens (tertiary/aromatic N) is 1. The molecule has 0 aromatic heterocycles. The largest absolute Gasteiger partial charge is 0.478 e. The van der Waals surface area contributed by atoms with Crippen LogP contribution in [0.5, 0.6) is 0 Å². The molecule has 5 heteroatoms. The lowest BCUT2D eigenvalue weighted by Crippen LogP contribution is -2.25. The molecule has 0 amide bonds. The fourth-order valence-corrected chi connectivity index (χ4v) is 2.45. The number of benzene rings is 1. The first-order chi connectivity index (χ1) is 9.06. The van der Waals surface area contributed by atoms with Crippen LogP contribution in [-0.4, -0.2) is 42.7 Å². The van der Waals surface area contributed by atoms with Gasteiger partial charge in [0, 0.05) is 18.7 Å². The molecule has 1 aliphatic heterocycles. The molecule has 0 aliphatic carbocycles. The molecule has 1 atom stereocenters. The van der Waals surface area contributed by atoms with Crippen molar-refractivity contribution in [3.8, 4) is 0 Å². The average molecular weight is 266 g/mol. The lowest BCUT2D eigenvalue weighted by molar-refractivity contribution is 0.0696. The van der Waals surface area contributed by atoms with Gasteiger partial charge in [-0.05, 0) is 50.7 Å². The summed E-state index contributed by atoms with van der Waals surface area (Å²) in [6.07, 6.45) is 1.15. The summed E-state index contributed by atoms with van der Waals surface area (Å²) in [6.45, 7) is 3.37. The molecule has 0 saturated carbocycles. The van der Waals surface area contributed by atoms with Gasteiger partial charge < -0.3 is 15.3 Å². The van der Waals surface area contributed by atoms with E-state index in [0.717, 1.165) is 26.1 Å². The fourth-order valence-electron chi connectivity index (χ4n) is 2.45. The Bertz CT molecular complexity index is 465. The van der Waals surface area contributed by atoms with Crippen LogP contribution in [0.1, 0.15) is 22.3 Å². The number of likely N-dealkylation sites (tertiary alicyclic amines) is 1. The van der Waals surface area contributed by atoms with Crippen molar-refractivity contribution in [3.05, 3.63) is 35.1 Å². The summed E-state index contributed by atoms with van der Waals surface area (Å²) in [6, 6.07) is 3.89. The van der Waals surface area contributed by atoms with Crippen molar-refractivity contribution in [1.29, 1.82) is 0 Å². The van der Waals surface area contributed by atoms with Gasteiger partial charge in [-0.1, -0.05) is 0 Å². The highest BCUT2D eigenvalue weighted by molar-refractivity contribution is 5.87. The van der Waals surface area contributed by atoms with E-state index in [-0.39, 0.29) is 11.4 Å². The molecule has 0 radical (unpaired) electrons.